The van der Waals surface area contributed by atoms with Crippen molar-refractivity contribution >= 4 is 5.91 Å². The van der Waals surface area contributed by atoms with Gasteiger partial charge in [0.05, 0.1) is 12.1 Å². The molecule has 2 N–H and O–H groups in total. The molecular weight excluding hydrogens is 180 g/mol. The molecule has 0 aliphatic carbocycles. The number of alkyl halides is 2. The summed E-state index contributed by atoms with van der Waals surface area (Å²) in [5, 5.41) is 3.73. The predicted molar refractivity (Wildman–Crippen MR) is 41.1 cm³/mol. The second-order valence-corrected chi connectivity index (χ2v) is 2.56. The van der Waals surface area contributed by atoms with Crippen LogP contribution in [0, 0.1) is 0 Å². The fraction of sp³-hybridized carbons (Fsp3) is 0.429. The summed E-state index contributed by atoms with van der Waals surface area (Å²) < 4.78 is 24.8. The zero-order valence-corrected chi connectivity index (χ0v) is 6.78. The van der Waals surface area contributed by atoms with E-state index in [9.17, 15) is 13.6 Å². The van der Waals surface area contributed by atoms with Gasteiger partial charge in [0.1, 0.15) is 6.54 Å². The van der Waals surface area contributed by atoms with Crippen LogP contribution in [0.4, 0.5) is 8.78 Å². The minimum atomic E-state index is -2.44. The number of carbonyl (C=O) groups is 1. The first kappa shape index (κ1) is 9.63. The summed E-state index contributed by atoms with van der Waals surface area (Å²) in [6.07, 6.45) is -1.07. The topological polar surface area (TPSA) is 60.9 Å². The van der Waals surface area contributed by atoms with Gasteiger partial charge in [0.25, 0.3) is 6.43 Å². The van der Waals surface area contributed by atoms with E-state index >= 15 is 0 Å². The van der Waals surface area contributed by atoms with Gasteiger partial charge in [-0.05, 0) is 6.07 Å². The van der Waals surface area contributed by atoms with E-state index in [-0.39, 0.29) is 6.42 Å². The third kappa shape index (κ3) is 3.18. The van der Waals surface area contributed by atoms with Crippen LogP contribution in [0.2, 0.25) is 0 Å². The Kier molecular flexibility index (Phi) is 2.94. The van der Waals surface area contributed by atoms with Crippen molar-refractivity contribution in [3.8, 4) is 0 Å². The molecule has 0 unspecified atom stereocenters. The van der Waals surface area contributed by atoms with Crippen molar-refractivity contribution in [2.45, 2.75) is 19.4 Å². The van der Waals surface area contributed by atoms with Crippen molar-refractivity contribution in [3.63, 3.8) is 0 Å². The number of carbonyl (C=O) groups excluding carboxylic acids is 1. The summed E-state index contributed by atoms with van der Waals surface area (Å²) in [6, 6.07) is 1.49. The van der Waals surface area contributed by atoms with Crippen LogP contribution in [0.3, 0.4) is 0 Å². The molecular formula is C7H9F2N3O. The Morgan fingerprint density at radius 1 is 1.69 bits per heavy atom. The number of aromatic nitrogens is 2. The average molecular weight is 189 g/mol. The van der Waals surface area contributed by atoms with Crippen LogP contribution in [-0.4, -0.2) is 22.1 Å². The van der Waals surface area contributed by atoms with Gasteiger partial charge < -0.3 is 5.73 Å². The summed E-state index contributed by atoms with van der Waals surface area (Å²) in [5.74, 6) is -0.526. The first-order valence-electron chi connectivity index (χ1n) is 3.66. The van der Waals surface area contributed by atoms with Gasteiger partial charge in [0, 0.05) is 6.20 Å². The quantitative estimate of drug-likeness (QED) is 0.734. The van der Waals surface area contributed by atoms with Gasteiger partial charge in [-0.15, -0.1) is 0 Å². The molecule has 1 aromatic heterocycles. The molecule has 1 amide bonds. The van der Waals surface area contributed by atoms with Crippen LogP contribution in [0.25, 0.3) is 0 Å². The van der Waals surface area contributed by atoms with Crippen molar-refractivity contribution in [2.75, 3.05) is 0 Å². The van der Waals surface area contributed by atoms with E-state index < -0.39 is 18.9 Å². The Morgan fingerprint density at radius 2 is 2.38 bits per heavy atom. The molecule has 13 heavy (non-hydrogen) atoms. The molecule has 6 heteroatoms. The van der Waals surface area contributed by atoms with Gasteiger partial charge >= 0.3 is 0 Å². The Morgan fingerprint density at radius 3 is 2.92 bits per heavy atom. The van der Waals surface area contributed by atoms with E-state index in [4.69, 9.17) is 5.73 Å². The first-order valence-corrected chi connectivity index (χ1v) is 3.66. The molecule has 4 nitrogen and oxygen atoms in total. The second-order valence-electron chi connectivity index (χ2n) is 2.56. The summed E-state index contributed by atoms with van der Waals surface area (Å²) >= 11 is 0. The normalized spacial score (nSPS) is 10.7. The lowest BCUT2D eigenvalue weighted by molar-refractivity contribution is -0.117. The third-order valence-electron chi connectivity index (χ3n) is 1.38. The number of nitrogens with two attached hydrogens (primary N) is 1. The number of hydrogen-bond acceptors (Lipinski definition) is 2. The molecule has 0 saturated heterocycles. The van der Waals surface area contributed by atoms with Crippen LogP contribution >= 0.6 is 0 Å². The SMILES string of the molecule is NC(=O)Cc1ccn(CC(F)F)n1. The molecule has 72 valence electrons. The number of nitrogens with zero attached hydrogens (tertiary/aromatic N) is 2. The minimum absolute atomic E-state index is 0.0176. The van der Waals surface area contributed by atoms with Crippen molar-refractivity contribution in [3.05, 3.63) is 18.0 Å². The van der Waals surface area contributed by atoms with Crippen LogP contribution in [0.5, 0.6) is 0 Å². The predicted octanol–water partition coefficient (Wildman–Crippen LogP) is 0.176. The molecule has 0 bridgehead atoms. The van der Waals surface area contributed by atoms with Gasteiger partial charge in [-0.3, -0.25) is 9.48 Å². The number of primary amides is 1. The van der Waals surface area contributed by atoms with Crippen molar-refractivity contribution in [1.29, 1.82) is 0 Å². The first-order chi connectivity index (χ1) is 6.08. The molecule has 1 rings (SSSR count). The second kappa shape index (κ2) is 3.97. The molecule has 0 spiro atoms. The average Bonchev–Trinajstić information content (AvgIpc) is 2.33. The zero-order valence-electron chi connectivity index (χ0n) is 6.78. The van der Waals surface area contributed by atoms with Crippen LogP contribution in [-0.2, 0) is 17.8 Å². The molecule has 0 fully saturated rings. The summed E-state index contributed by atoms with van der Waals surface area (Å²) in [7, 11) is 0. The highest BCUT2D eigenvalue weighted by Crippen LogP contribution is 2.00. The van der Waals surface area contributed by atoms with Crippen LogP contribution < -0.4 is 5.73 Å². The van der Waals surface area contributed by atoms with Gasteiger partial charge in [0.2, 0.25) is 5.91 Å². The largest absolute Gasteiger partial charge is 0.369 e. The number of amides is 1. The van der Waals surface area contributed by atoms with Crippen molar-refractivity contribution < 1.29 is 13.6 Å². The molecule has 1 heterocycles. The minimum Gasteiger partial charge on any atom is -0.369 e. The lowest BCUT2D eigenvalue weighted by Crippen LogP contribution is -2.14. The lowest BCUT2D eigenvalue weighted by atomic mass is 10.3. The van der Waals surface area contributed by atoms with Gasteiger partial charge in [-0.25, -0.2) is 8.78 Å². The van der Waals surface area contributed by atoms with E-state index in [0.29, 0.717) is 5.69 Å². The van der Waals surface area contributed by atoms with E-state index in [1.807, 2.05) is 0 Å². The Balaban J connectivity index is 2.58. The van der Waals surface area contributed by atoms with Crippen LogP contribution in [0.1, 0.15) is 5.69 Å². The monoisotopic (exact) mass is 189 g/mol. The molecule has 0 aliphatic heterocycles. The third-order valence-corrected chi connectivity index (χ3v) is 1.38. The summed E-state index contributed by atoms with van der Waals surface area (Å²) in [4.78, 5) is 10.4. The van der Waals surface area contributed by atoms with E-state index in [2.05, 4.69) is 5.10 Å². The van der Waals surface area contributed by atoms with Gasteiger partial charge in [-0.1, -0.05) is 0 Å². The molecule has 1 aromatic rings. The van der Waals surface area contributed by atoms with Gasteiger partial charge in [0.15, 0.2) is 0 Å². The summed E-state index contributed by atoms with van der Waals surface area (Å²) in [6.45, 7) is -0.460. The highest BCUT2D eigenvalue weighted by Gasteiger charge is 2.06. The maximum Gasteiger partial charge on any atom is 0.257 e. The Bertz CT molecular complexity index is 298. The molecule has 0 aromatic carbocycles. The molecule has 0 radical (unpaired) electrons. The summed E-state index contributed by atoms with van der Waals surface area (Å²) in [5.41, 5.74) is 5.31. The highest BCUT2D eigenvalue weighted by molar-refractivity contribution is 5.75. The van der Waals surface area contributed by atoms with E-state index in [0.717, 1.165) is 4.68 Å². The Labute approximate surface area is 73.3 Å². The van der Waals surface area contributed by atoms with E-state index in [1.54, 1.807) is 0 Å². The maximum atomic E-state index is 11.8. The molecule has 0 atom stereocenters. The lowest BCUT2D eigenvalue weighted by Gasteiger charge is -1.98. The zero-order chi connectivity index (χ0) is 9.84. The number of hydrogen-bond donors (Lipinski definition) is 1. The highest BCUT2D eigenvalue weighted by atomic mass is 19.3. The van der Waals surface area contributed by atoms with E-state index in [1.165, 1.54) is 12.3 Å². The fourth-order valence-electron chi connectivity index (χ4n) is 0.920. The molecule has 0 saturated carbocycles. The van der Waals surface area contributed by atoms with Crippen LogP contribution in [0.15, 0.2) is 12.3 Å². The molecule has 0 aliphatic rings. The maximum absolute atomic E-state index is 11.8. The number of halogens is 2. The van der Waals surface area contributed by atoms with Crippen molar-refractivity contribution in [1.82, 2.24) is 9.78 Å². The van der Waals surface area contributed by atoms with Gasteiger partial charge in [-0.2, -0.15) is 5.10 Å². The Hall–Kier alpha value is -1.46. The smallest absolute Gasteiger partial charge is 0.257 e. The standard InChI is InChI=1S/C7H9F2N3O/c8-6(9)4-12-2-1-5(11-12)3-7(10)13/h1-2,6H,3-4H2,(H2,10,13). The fourth-order valence-corrected chi connectivity index (χ4v) is 0.920. The van der Waals surface area contributed by atoms with Crippen molar-refractivity contribution in [2.24, 2.45) is 5.73 Å². The number of rotatable bonds is 4.